The summed E-state index contributed by atoms with van der Waals surface area (Å²) < 4.78 is 10.5. The maximum absolute atomic E-state index is 10.1. The Bertz CT molecular complexity index is 573. The van der Waals surface area contributed by atoms with Crippen LogP contribution in [0, 0.1) is 0 Å². The van der Waals surface area contributed by atoms with Gasteiger partial charge in [-0.15, -0.1) is 0 Å². The molecule has 0 aliphatic rings. The molecule has 1 aromatic carbocycles. The number of nitrogens with zero attached hydrogens (tertiary/aromatic N) is 1. The lowest BCUT2D eigenvalue weighted by Gasteiger charge is -2.12. The maximum atomic E-state index is 10.1. The van der Waals surface area contributed by atoms with E-state index in [1.54, 1.807) is 19.4 Å². The highest BCUT2D eigenvalue weighted by Gasteiger charge is 2.09. The van der Waals surface area contributed by atoms with Crippen LogP contribution >= 0.6 is 0 Å². The Balaban J connectivity index is 2.13. The van der Waals surface area contributed by atoms with Gasteiger partial charge in [0.2, 0.25) is 5.88 Å². The van der Waals surface area contributed by atoms with Crippen molar-refractivity contribution in [1.82, 2.24) is 4.98 Å². The van der Waals surface area contributed by atoms with E-state index in [0.29, 0.717) is 24.8 Å². The number of para-hydroxylation sites is 1. The van der Waals surface area contributed by atoms with Crippen LogP contribution in [0.25, 0.3) is 0 Å². The number of aromatic hydroxyl groups is 1. The van der Waals surface area contributed by atoms with Crippen LogP contribution in [0.4, 0.5) is 5.69 Å². The predicted octanol–water partition coefficient (Wildman–Crippen LogP) is 2.81. The van der Waals surface area contributed by atoms with Gasteiger partial charge in [-0.1, -0.05) is 12.1 Å². The molecule has 0 saturated heterocycles. The Morgan fingerprint density at radius 1 is 1.25 bits per heavy atom. The first-order chi connectivity index (χ1) is 9.76. The molecular formula is C15H18N2O3. The lowest BCUT2D eigenvalue weighted by atomic mass is 10.2. The summed E-state index contributed by atoms with van der Waals surface area (Å²) in [6.07, 6.45) is 1.66. The molecule has 2 aromatic rings. The van der Waals surface area contributed by atoms with Crippen molar-refractivity contribution in [2.24, 2.45) is 0 Å². The van der Waals surface area contributed by atoms with E-state index in [0.717, 1.165) is 11.3 Å². The molecule has 0 bridgehead atoms. The standard InChI is InChI=1S/C15H18N2O3/c1-3-20-13-8-4-6-11(14(13)18)10-17-12-7-5-9-16-15(12)19-2/h4-9,17-18H,3,10H2,1-2H3. The van der Waals surface area contributed by atoms with E-state index in [9.17, 15) is 5.11 Å². The lowest BCUT2D eigenvalue weighted by molar-refractivity contribution is 0.317. The fourth-order valence-corrected chi connectivity index (χ4v) is 1.86. The highest BCUT2D eigenvalue weighted by Crippen LogP contribution is 2.31. The third-order valence-corrected chi connectivity index (χ3v) is 2.82. The van der Waals surface area contributed by atoms with Crippen molar-refractivity contribution in [2.75, 3.05) is 19.0 Å². The molecule has 0 aliphatic carbocycles. The summed E-state index contributed by atoms with van der Waals surface area (Å²) in [4.78, 5) is 4.11. The summed E-state index contributed by atoms with van der Waals surface area (Å²) in [7, 11) is 1.57. The van der Waals surface area contributed by atoms with Gasteiger partial charge in [0.1, 0.15) is 0 Å². The number of nitrogens with one attached hydrogen (secondary N) is 1. The molecule has 1 heterocycles. The number of methoxy groups -OCH3 is 1. The van der Waals surface area contributed by atoms with Crippen LogP contribution in [0.2, 0.25) is 0 Å². The van der Waals surface area contributed by atoms with E-state index >= 15 is 0 Å². The quantitative estimate of drug-likeness (QED) is 0.848. The Kier molecular flexibility index (Phi) is 4.65. The molecule has 0 spiro atoms. The average molecular weight is 274 g/mol. The van der Waals surface area contributed by atoms with Gasteiger partial charge in [0.05, 0.1) is 19.4 Å². The number of benzene rings is 1. The first kappa shape index (κ1) is 14.0. The number of hydrogen-bond donors (Lipinski definition) is 2. The normalized spacial score (nSPS) is 10.1. The molecule has 20 heavy (non-hydrogen) atoms. The van der Waals surface area contributed by atoms with Gasteiger partial charge in [-0.3, -0.25) is 0 Å². The first-order valence-electron chi connectivity index (χ1n) is 6.42. The van der Waals surface area contributed by atoms with E-state index < -0.39 is 0 Å². The predicted molar refractivity (Wildman–Crippen MR) is 77.4 cm³/mol. The number of rotatable bonds is 6. The van der Waals surface area contributed by atoms with Crippen LogP contribution in [-0.4, -0.2) is 23.8 Å². The van der Waals surface area contributed by atoms with Gasteiger partial charge < -0.3 is 19.9 Å². The summed E-state index contributed by atoms with van der Waals surface area (Å²) in [5.74, 6) is 1.17. The van der Waals surface area contributed by atoms with Crippen LogP contribution in [0.3, 0.4) is 0 Å². The molecule has 0 unspecified atom stereocenters. The largest absolute Gasteiger partial charge is 0.504 e. The molecule has 0 fully saturated rings. The highest BCUT2D eigenvalue weighted by molar-refractivity contribution is 5.54. The third-order valence-electron chi connectivity index (χ3n) is 2.82. The summed E-state index contributed by atoms with van der Waals surface area (Å²) in [5.41, 5.74) is 1.53. The molecule has 2 rings (SSSR count). The molecule has 0 saturated carbocycles. The van der Waals surface area contributed by atoms with Gasteiger partial charge in [0.25, 0.3) is 0 Å². The highest BCUT2D eigenvalue weighted by atomic mass is 16.5. The number of phenolic OH excluding ortho intramolecular Hbond substituents is 1. The van der Waals surface area contributed by atoms with Crippen molar-refractivity contribution in [1.29, 1.82) is 0 Å². The SMILES string of the molecule is CCOc1cccc(CNc2cccnc2OC)c1O. The van der Waals surface area contributed by atoms with Gasteiger partial charge in [0.15, 0.2) is 11.5 Å². The van der Waals surface area contributed by atoms with E-state index in [1.807, 2.05) is 31.2 Å². The molecule has 2 N–H and O–H groups in total. The summed E-state index contributed by atoms with van der Waals surface area (Å²) >= 11 is 0. The van der Waals surface area contributed by atoms with Crippen LogP contribution in [0.5, 0.6) is 17.4 Å². The van der Waals surface area contributed by atoms with Crippen molar-refractivity contribution < 1.29 is 14.6 Å². The Labute approximate surface area is 118 Å². The molecule has 0 aliphatic heterocycles. The van der Waals surface area contributed by atoms with Crippen LogP contribution < -0.4 is 14.8 Å². The maximum Gasteiger partial charge on any atom is 0.237 e. The molecule has 0 radical (unpaired) electrons. The molecule has 5 heteroatoms. The minimum absolute atomic E-state index is 0.157. The Morgan fingerprint density at radius 2 is 2.10 bits per heavy atom. The van der Waals surface area contributed by atoms with Gasteiger partial charge in [0, 0.05) is 18.3 Å². The second kappa shape index (κ2) is 6.65. The van der Waals surface area contributed by atoms with Crippen molar-refractivity contribution in [3.8, 4) is 17.4 Å². The van der Waals surface area contributed by atoms with E-state index in [4.69, 9.17) is 9.47 Å². The summed E-state index contributed by atoms with van der Waals surface area (Å²) in [5, 5.41) is 13.3. The third kappa shape index (κ3) is 3.12. The second-order valence-electron chi connectivity index (χ2n) is 4.11. The van der Waals surface area contributed by atoms with Crippen LogP contribution in [0.1, 0.15) is 12.5 Å². The number of hydrogen-bond acceptors (Lipinski definition) is 5. The smallest absolute Gasteiger partial charge is 0.237 e. The number of anilines is 1. The second-order valence-corrected chi connectivity index (χ2v) is 4.11. The first-order valence-corrected chi connectivity index (χ1v) is 6.42. The van der Waals surface area contributed by atoms with Crippen molar-refractivity contribution >= 4 is 5.69 Å². The van der Waals surface area contributed by atoms with E-state index in [-0.39, 0.29) is 5.75 Å². The number of pyridine rings is 1. The minimum atomic E-state index is 0.157. The zero-order valence-electron chi connectivity index (χ0n) is 11.6. The van der Waals surface area contributed by atoms with Crippen LogP contribution in [-0.2, 0) is 6.54 Å². The lowest BCUT2D eigenvalue weighted by Crippen LogP contribution is -2.03. The average Bonchev–Trinajstić information content (AvgIpc) is 2.48. The van der Waals surface area contributed by atoms with Gasteiger partial charge in [-0.05, 0) is 25.1 Å². The van der Waals surface area contributed by atoms with E-state index in [2.05, 4.69) is 10.3 Å². The molecule has 5 nitrogen and oxygen atoms in total. The summed E-state index contributed by atoms with van der Waals surface area (Å²) in [6, 6.07) is 9.12. The summed E-state index contributed by atoms with van der Waals surface area (Å²) in [6.45, 7) is 2.85. The Morgan fingerprint density at radius 3 is 2.85 bits per heavy atom. The van der Waals surface area contributed by atoms with Crippen molar-refractivity contribution in [3.05, 3.63) is 42.1 Å². The van der Waals surface area contributed by atoms with E-state index in [1.165, 1.54) is 0 Å². The molecule has 1 aromatic heterocycles. The molecular weight excluding hydrogens is 256 g/mol. The molecule has 106 valence electrons. The fraction of sp³-hybridized carbons (Fsp3) is 0.267. The van der Waals surface area contributed by atoms with Gasteiger partial charge in [-0.2, -0.15) is 0 Å². The topological polar surface area (TPSA) is 63.6 Å². The molecule has 0 atom stereocenters. The zero-order valence-corrected chi connectivity index (χ0v) is 11.6. The number of aromatic nitrogens is 1. The zero-order chi connectivity index (χ0) is 14.4. The molecule has 0 amide bonds. The minimum Gasteiger partial charge on any atom is -0.504 e. The monoisotopic (exact) mass is 274 g/mol. The Hall–Kier alpha value is -2.43. The van der Waals surface area contributed by atoms with Crippen molar-refractivity contribution in [2.45, 2.75) is 13.5 Å². The number of phenols is 1. The van der Waals surface area contributed by atoms with Gasteiger partial charge >= 0.3 is 0 Å². The number of ether oxygens (including phenoxy) is 2. The van der Waals surface area contributed by atoms with Gasteiger partial charge in [-0.25, -0.2) is 4.98 Å². The van der Waals surface area contributed by atoms with Crippen molar-refractivity contribution in [3.63, 3.8) is 0 Å². The van der Waals surface area contributed by atoms with Crippen LogP contribution in [0.15, 0.2) is 36.5 Å². The fourth-order valence-electron chi connectivity index (χ4n) is 1.86.